The molecule has 0 aromatic rings. The third-order valence-corrected chi connectivity index (χ3v) is 7.19. The normalized spacial score (nSPS) is 44.4. The number of hydrogen-bond acceptors (Lipinski definition) is 3. The van der Waals surface area contributed by atoms with Gasteiger partial charge in [0.15, 0.2) is 0 Å². The summed E-state index contributed by atoms with van der Waals surface area (Å²) in [7, 11) is 0. The summed E-state index contributed by atoms with van der Waals surface area (Å²) < 4.78 is 0. The average Bonchev–Trinajstić information content (AvgIpc) is 2.63. The lowest BCUT2D eigenvalue weighted by molar-refractivity contribution is -0.158. The smallest absolute Gasteiger partial charge is 0.146 e. The molecule has 0 saturated heterocycles. The molecule has 5 unspecified atom stereocenters. The second-order valence-corrected chi connectivity index (χ2v) is 8.50. The van der Waals surface area contributed by atoms with Gasteiger partial charge >= 0.3 is 0 Å². The summed E-state index contributed by atoms with van der Waals surface area (Å²) in [5.74, 6) is 1.12. The zero-order valence-corrected chi connectivity index (χ0v) is 14.0. The van der Waals surface area contributed by atoms with Gasteiger partial charge in [-0.25, -0.2) is 0 Å². The van der Waals surface area contributed by atoms with Gasteiger partial charge in [-0.15, -0.1) is 0 Å². The fourth-order valence-electron chi connectivity index (χ4n) is 5.82. The van der Waals surface area contributed by atoms with Crippen molar-refractivity contribution >= 4 is 12.1 Å². The first-order chi connectivity index (χ1) is 10.3. The lowest BCUT2D eigenvalue weighted by atomic mass is 9.45. The van der Waals surface area contributed by atoms with Gasteiger partial charge in [0.1, 0.15) is 12.1 Å². The number of carbonyl (C=O) groups excluding carboxylic acids is 2. The van der Waals surface area contributed by atoms with E-state index in [1.54, 1.807) is 0 Å². The molecule has 0 radical (unpaired) electrons. The van der Waals surface area contributed by atoms with Gasteiger partial charge in [-0.05, 0) is 60.3 Å². The van der Waals surface area contributed by atoms with E-state index in [0.29, 0.717) is 23.8 Å². The molecule has 2 saturated carbocycles. The van der Waals surface area contributed by atoms with Crippen molar-refractivity contribution in [2.75, 3.05) is 0 Å². The van der Waals surface area contributed by atoms with Crippen LogP contribution in [0.5, 0.6) is 0 Å². The fraction of sp³-hybridized carbons (Fsp3) is 0.789. The van der Waals surface area contributed by atoms with Crippen LogP contribution in [0.1, 0.15) is 59.3 Å². The molecule has 3 aliphatic carbocycles. The monoisotopic (exact) mass is 304 g/mol. The van der Waals surface area contributed by atoms with Crippen LogP contribution < -0.4 is 0 Å². The Balaban J connectivity index is 1.98. The molecular weight excluding hydrogens is 276 g/mol. The lowest BCUT2D eigenvalue weighted by Gasteiger charge is -2.60. The van der Waals surface area contributed by atoms with E-state index >= 15 is 0 Å². The highest BCUT2D eigenvalue weighted by Gasteiger charge is 2.58. The minimum Gasteiger partial charge on any atom is -0.393 e. The Kier molecular flexibility index (Phi) is 3.83. The summed E-state index contributed by atoms with van der Waals surface area (Å²) in [5.41, 5.74) is 0.662. The summed E-state index contributed by atoms with van der Waals surface area (Å²) >= 11 is 0. The standard InChI is InChI=1S/C19H28O3/c1-18(2)16-7-5-13-14(19(16,3)9-8-17(18)22)6-4-12(11-20)10-15(13)21/h4,11,13-14,16-17,22H,5-10H2,1-3H3. The molecule has 0 aromatic heterocycles. The van der Waals surface area contributed by atoms with Crippen LogP contribution in [0.3, 0.4) is 0 Å². The van der Waals surface area contributed by atoms with Crippen LogP contribution in [0.25, 0.3) is 0 Å². The fourth-order valence-corrected chi connectivity index (χ4v) is 5.82. The molecule has 2 fully saturated rings. The molecule has 122 valence electrons. The van der Waals surface area contributed by atoms with Gasteiger partial charge in [0.05, 0.1) is 6.10 Å². The van der Waals surface area contributed by atoms with Crippen LogP contribution in [0.15, 0.2) is 11.6 Å². The number of hydrogen-bond donors (Lipinski definition) is 1. The SMILES string of the molecule is CC1(C)C(O)CCC2(C)C3CC=C(C=O)CC(=O)C3CCC12. The molecule has 5 atom stereocenters. The minimum atomic E-state index is -0.246. The van der Waals surface area contributed by atoms with Gasteiger partial charge in [-0.2, -0.15) is 0 Å². The summed E-state index contributed by atoms with van der Waals surface area (Å²) in [5, 5.41) is 10.4. The first-order valence-electron chi connectivity index (χ1n) is 8.65. The van der Waals surface area contributed by atoms with E-state index in [1.807, 2.05) is 6.08 Å². The Morgan fingerprint density at radius 1 is 1.23 bits per heavy atom. The molecule has 1 N–H and O–H groups in total. The van der Waals surface area contributed by atoms with E-state index in [2.05, 4.69) is 20.8 Å². The predicted octanol–water partition coefficient (Wildman–Crippen LogP) is 3.30. The van der Waals surface area contributed by atoms with E-state index in [4.69, 9.17) is 0 Å². The maximum atomic E-state index is 12.6. The Bertz CT molecular complexity index is 519. The van der Waals surface area contributed by atoms with Gasteiger partial charge in [0, 0.05) is 12.3 Å². The Hall–Kier alpha value is -0.960. The van der Waals surface area contributed by atoms with E-state index in [9.17, 15) is 14.7 Å². The second-order valence-electron chi connectivity index (χ2n) is 8.50. The number of Topliss-reactive ketones (excluding diaryl/α,β-unsaturated/α-hetero) is 1. The number of fused-ring (bicyclic) bond motifs is 3. The maximum absolute atomic E-state index is 12.6. The highest BCUT2D eigenvalue weighted by atomic mass is 16.3. The van der Waals surface area contributed by atoms with Crippen molar-refractivity contribution in [3.63, 3.8) is 0 Å². The minimum absolute atomic E-state index is 0.0927. The molecule has 3 heteroatoms. The average molecular weight is 304 g/mol. The lowest BCUT2D eigenvalue weighted by Crippen LogP contribution is -2.56. The summed E-state index contributed by atoms with van der Waals surface area (Å²) in [6.45, 7) is 6.70. The van der Waals surface area contributed by atoms with Gasteiger partial charge < -0.3 is 5.11 Å². The molecular formula is C19H28O3. The number of carbonyl (C=O) groups is 2. The van der Waals surface area contributed by atoms with E-state index in [-0.39, 0.29) is 28.6 Å². The maximum Gasteiger partial charge on any atom is 0.146 e. The zero-order valence-electron chi connectivity index (χ0n) is 14.0. The number of aliphatic hydroxyl groups is 1. The van der Waals surface area contributed by atoms with Crippen molar-refractivity contribution in [2.45, 2.75) is 65.4 Å². The predicted molar refractivity (Wildman–Crippen MR) is 85.2 cm³/mol. The van der Waals surface area contributed by atoms with Crippen LogP contribution in [-0.2, 0) is 9.59 Å². The van der Waals surface area contributed by atoms with Gasteiger partial charge in [-0.3, -0.25) is 9.59 Å². The summed E-state index contributed by atoms with van der Waals surface area (Å²) in [6.07, 6.45) is 7.50. The Morgan fingerprint density at radius 2 is 1.95 bits per heavy atom. The van der Waals surface area contributed by atoms with Gasteiger partial charge in [0.25, 0.3) is 0 Å². The van der Waals surface area contributed by atoms with Crippen molar-refractivity contribution < 1.29 is 14.7 Å². The van der Waals surface area contributed by atoms with Crippen LogP contribution in [0, 0.1) is 28.6 Å². The molecule has 3 rings (SSSR count). The molecule has 3 nitrogen and oxygen atoms in total. The molecule has 3 aliphatic rings. The van der Waals surface area contributed by atoms with Gasteiger partial charge in [0.2, 0.25) is 0 Å². The van der Waals surface area contributed by atoms with Crippen molar-refractivity contribution in [3.05, 3.63) is 11.6 Å². The van der Waals surface area contributed by atoms with Crippen molar-refractivity contribution in [1.82, 2.24) is 0 Å². The molecule has 22 heavy (non-hydrogen) atoms. The van der Waals surface area contributed by atoms with Crippen LogP contribution in [0.2, 0.25) is 0 Å². The van der Waals surface area contributed by atoms with E-state index in [0.717, 1.165) is 38.4 Å². The van der Waals surface area contributed by atoms with Crippen molar-refractivity contribution in [1.29, 1.82) is 0 Å². The number of rotatable bonds is 1. The highest BCUT2D eigenvalue weighted by molar-refractivity contribution is 5.91. The number of aldehydes is 1. The largest absolute Gasteiger partial charge is 0.393 e. The zero-order chi connectivity index (χ0) is 16.1. The Labute approximate surface area is 133 Å². The quantitative estimate of drug-likeness (QED) is 0.756. The third kappa shape index (κ3) is 2.20. The van der Waals surface area contributed by atoms with E-state index in [1.165, 1.54) is 0 Å². The second kappa shape index (κ2) is 5.30. The van der Waals surface area contributed by atoms with E-state index < -0.39 is 0 Å². The molecule has 0 heterocycles. The Morgan fingerprint density at radius 3 is 2.64 bits per heavy atom. The highest BCUT2D eigenvalue weighted by Crippen LogP contribution is 2.62. The number of aliphatic hydroxyl groups excluding tert-OH is 1. The first kappa shape index (κ1) is 15.9. The van der Waals surface area contributed by atoms with Crippen molar-refractivity contribution in [3.8, 4) is 0 Å². The topological polar surface area (TPSA) is 54.4 Å². The molecule has 0 bridgehead atoms. The molecule has 0 aliphatic heterocycles. The van der Waals surface area contributed by atoms with Crippen LogP contribution in [0.4, 0.5) is 0 Å². The molecule has 0 spiro atoms. The van der Waals surface area contributed by atoms with Crippen LogP contribution >= 0.6 is 0 Å². The number of allylic oxidation sites excluding steroid dienone is 2. The summed E-state index contributed by atoms with van der Waals surface area (Å²) in [4.78, 5) is 23.7. The van der Waals surface area contributed by atoms with Crippen molar-refractivity contribution in [2.24, 2.45) is 28.6 Å². The molecule has 0 amide bonds. The molecule has 0 aromatic carbocycles. The van der Waals surface area contributed by atoms with Gasteiger partial charge in [-0.1, -0.05) is 26.8 Å². The number of ketones is 1. The van der Waals surface area contributed by atoms with Crippen LogP contribution in [-0.4, -0.2) is 23.3 Å². The summed E-state index contributed by atoms with van der Waals surface area (Å²) in [6, 6.07) is 0. The third-order valence-electron chi connectivity index (χ3n) is 7.19. The first-order valence-corrected chi connectivity index (χ1v) is 8.65.